The van der Waals surface area contributed by atoms with E-state index in [0.29, 0.717) is 61.8 Å². The number of phenolic OH excluding ortho intramolecular Hbond substituents is 1. The van der Waals surface area contributed by atoms with E-state index in [-0.39, 0.29) is 66.6 Å². The van der Waals surface area contributed by atoms with Crippen molar-refractivity contribution in [2.24, 2.45) is 11.8 Å². The third-order valence-corrected chi connectivity index (χ3v) is 19.4. The van der Waals surface area contributed by atoms with Crippen LogP contribution >= 0.6 is 22.7 Å². The molecule has 3 aliphatic heterocycles. The second-order valence-corrected chi connectivity index (χ2v) is 23.3. The van der Waals surface area contributed by atoms with Crippen molar-refractivity contribution in [2.75, 3.05) is 26.2 Å². The van der Waals surface area contributed by atoms with Gasteiger partial charge in [0.2, 0.25) is 0 Å². The van der Waals surface area contributed by atoms with Crippen molar-refractivity contribution in [3.8, 4) is 23.0 Å². The van der Waals surface area contributed by atoms with E-state index in [9.17, 15) is 34.5 Å². The number of nitrogens with zero attached hydrogens (tertiary/aromatic N) is 2. The van der Waals surface area contributed by atoms with Crippen LogP contribution in [0.3, 0.4) is 0 Å². The molecular formula is C52H60N2O10S2. The van der Waals surface area contributed by atoms with Gasteiger partial charge in [0.1, 0.15) is 5.78 Å². The number of fused-ring (bicyclic) bond motifs is 3. The van der Waals surface area contributed by atoms with Crippen LogP contribution in [0.5, 0.6) is 23.0 Å². The van der Waals surface area contributed by atoms with Crippen LogP contribution in [0.2, 0.25) is 0 Å². The molecule has 4 aromatic rings. The predicted molar refractivity (Wildman–Crippen MR) is 250 cm³/mol. The third-order valence-electron chi connectivity index (χ3n) is 17.1. The summed E-state index contributed by atoms with van der Waals surface area (Å²) in [5.41, 5.74) is -1.43. The Bertz CT molecular complexity index is 2650. The molecular weight excluding hydrogens is 877 g/mol. The van der Waals surface area contributed by atoms with Gasteiger partial charge < -0.3 is 29.5 Å². The van der Waals surface area contributed by atoms with Gasteiger partial charge in [-0.1, -0.05) is 12.1 Å². The minimum atomic E-state index is -1.24. The average Bonchev–Trinajstić information content (AvgIpc) is 4.17. The number of rotatable bonds is 11. The van der Waals surface area contributed by atoms with E-state index in [1.807, 2.05) is 39.0 Å². The Morgan fingerprint density at radius 3 is 1.91 bits per heavy atom. The van der Waals surface area contributed by atoms with E-state index in [1.165, 1.54) is 48.4 Å². The molecule has 2 saturated heterocycles. The number of carbonyl (C=O) groups is 4. The number of likely N-dealkylation sites (tertiary alicyclic amines) is 2. The number of hydrogen-bond donors (Lipinski definition) is 3. The molecule has 2 aromatic carbocycles. The van der Waals surface area contributed by atoms with Crippen LogP contribution in [0.15, 0.2) is 36.4 Å². The molecule has 7 aliphatic rings. The quantitative estimate of drug-likeness (QED) is 0.101. The fourth-order valence-corrected chi connectivity index (χ4v) is 15.7. The maximum Gasteiger partial charge on any atom is 0.316 e. The Labute approximate surface area is 393 Å². The lowest BCUT2D eigenvalue weighted by Crippen LogP contribution is -2.74. The molecule has 0 amide bonds. The SMILES string of the molecule is Cc1ccc(OC(=O)Cc2cc3sc(CC(=O)Oc4ccc(C)c5c4O[C@H]4C(=O)CC[C@@]6(O)[C@@H](C)N(CC7CC7)CC[C@]546)cc3s2)c(O)c1[C@]12CCN(CC3CC3)[C@H](C)[C@]1(O)CCC(=O)C2. The number of benzene rings is 2. The molecule has 2 aromatic heterocycles. The zero-order valence-electron chi connectivity index (χ0n) is 38.3. The van der Waals surface area contributed by atoms with E-state index < -0.39 is 40.1 Å². The summed E-state index contributed by atoms with van der Waals surface area (Å²) < 4.78 is 20.2. The highest BCUT2D eigenvalue weighted by Gasteiger charge is 2.70. The molecule has 14 heteroatoms. The van der Waals surface area contributed by atoms with Gasteiger partial charge in [0.25, 0.3) is 0 Å². The lowest BCUT2D eigenvalue weighted by molar-refractivity contribution is -0.181. The smallest absolute Gasteiger partial charge is 0.316 e. The molecule has 4 aliphatic carbocycles. The van der Waals surface area contributed by atoms with Gasteiger partial charge in [0.15, 0.2) is 34.9 Å². The highest BCUT2D eigenvalue weighted by molar-refractivity contribution is 7.27. The van der Waals surface area contributed by atoms with Crippen LogP contribution in [0, 0.1) is 25.7 Å². The molecule has 11 rings (SSSR count). The summed E-state index contributed by atoms with van der Waals surface area (Å²) in [5, 5.41) is 37.2. The molecule has 12 nitrogen and oxygen atoms in total. The summed E-state index contributed by atoms with van der Waals surface area (Å²) >= 11 is 2.87. The van der Waals surface area contributed by atoms with Crippen LogP contribution in [0.1, 0.15) is 116 Å². The van der Waals surface area contributed by atoms with Crippen molar-refractivity contribution >= 4 is 55.6 Å². The van der Waals surface area contributed by atoms with Gasteiger partial charge in [-0.15, -0.1) is 22.7 Å². The number of aromatic hydroxyl groups is 1. The lowest BCUT2D eigenvalue weighted by Gasteiger charge is -2.60. The van der Waals surface area contributed by atoms with E-state index in [0.717, 1.165) is 55.5 Å². The standard InChI is InChI=1S/C52H60N2O10S2/c1-28-5-11-38(46(59)44(28)49-17-19-53(26-32-7-8-32)30(3)51(49,60)15-13-34(55)25-49)62-42(57)23-35-21-40-41(65-35)22-36(66-40)24-43(58)63-39-12-6-29(2)45-47(39)64-48-37(56)14-16-52(61)31(4)54(27-33-9-10-33)20-18-50(45,48)52/h5-6,11-12,21-22,30-33,48,59-61H,7-10,13-20,23-27H2,1-4H3/t30-,31-,48+,49-,50+,51-,52-/m1/s1. The fourth-order valence-electron chi connectivity index (χ4n) is 13.2. The molecule has 0 bridgehead atoms. The van der Waals surface area contributed by atoms with Crippen molar-refractivity contribution in [1.82, 2.24) is 9.80 Å². The molecule has 7 atom stereocenters. The molecule has 0 radical (unpaired) electrons. The first-order valence-corrected chi connectivity index (χ1v) is 25.7. The predicted octanol–water partition coefficient (Wildman–Crippen LogP) is 7.40. The van der Waals surface area contributed by atoms with Crippen LogP contribution < -0.4 is 14.2 Å². The lowest BCUT2D eigenvalue weighted by atomic mass is 9.52. The van der Waals surface area contributed by atoms with Crippen LogP contribution in [0.25, 0.3) is 9.40 Å². The second-order valence-electron chi connectivity index (χ2n) is 21.0. The number of aryl methyl sites for hydroxylation is 2. The molecule has 66 heavy (non-hydrogen) atoms. The number of ether oxygens (including phenoxy) is 3. The molecule has 6 fully saturated rings. The minimum Gasteiger partial charge on any atom is -0.504 e. The summed E-state index contributed by atoms with van der Waals surface area (Å²) in [5.74, 6) is 0.769. The summed E-state index contributed by atoms with van der Waals surface area (Å²) in [7, 11) is 0. The zero-order valence-corrected chi connectivity index (χ0v) is 39.9. The van der Waals surface area contributed by atoms with Crippen molar-refractivity contribution in [2.45, 2.75) is 151 Å². The summed E-state index contributed by atoms with van der Waals surface area (Å²) in [4.78, 5) is 60.2. The average molecular weight is 937 g/mol. The highest BCUT2D eigenvalue weighted by atomic mass is 32.1. The largest absolute Gasteiger partial charge is 0.504 e. The summed E-state index contributed by atoms with van der Waals surface area (Å²) in [6.45, 7) is 11.3. The van der Waals surface area contributed by atoms with Gasteiger partial charge in [-0.05, 0) is 139 Å². The van der Waals surface area contributed by atoms with Crippen LogP contribution in [-0.2, 0) is 42.8 Å². The Hall–Kier alpha value is -4.18. The molecule has 350 valence electrons. The maximum atomic E-state index is 13.6. The number of hydrogen-bond acceptors (Lipinski definition) is 14. The monoisotopic (exact) mass is 936 g/mol. The maximum absolute atomic E-state index is 13.6. The molecule has 1 spiro atoms. The number of esters is 2. The first-order chi connectivity index (χ1) is 31.5. The number of Topliss-reactive ketones (excluding diaryl/α,β-unsaturated/α-hetero) is 2. The molecule has 4 saturated carbocycles. The first-order valence-electron chi connectivity index (χ1n) is 24.1. The van der Waals surface area contributed by atoms with Gasteiger partial charge in [-0.25, -0.2) is 0 Å². The van der Waals surface area contributed by atoms with Crippen molar-refractivity contribution in [3.05, 3.63) is 68.4 Å². The Morgan fingerprint density at radius 1 is 0.742 bits per heavy atom. The topological polar surface area (TPSA) is 163 Å². The van der Waals surface area contributed by atoms with Crippen LogP contribution in [-0.4, -0.2) is 104 Å². The number of aliphatic hydroxyl groups is 2. The Kier molecular flexibility index (Phi) is 10.7. The number of thiophene rings is 2. The van der Waals surface area contributed by atoms with Gasteiger partial charge in [0.05, 0.1) is 29.5 Å². The molecule has 3 N–H and O–H groups in total. The van der Waals surface area contributed by atoms with Gasteiger partial charge in [0, 0.05) is 80.1 Å². The number of phenols is 1. The van der Waals surface area contributed by atoms with E-state index in [2.05, 4.69) is 16.7 Å². The summed E-state index contributed by atoms with van der Waals surface area (Å²) in [6, 6.07) is 10.5. The van der Waals surface area contributed by atoms with Gasteiger partial charge in [-0.2, -0.15) is 0 Å². The number of ketones is 2. The number of carbonyl (C=O) groups excluding carboxylic acids is 4. The van der Waals surface area contributed by atoms with Gasteiger partial charge in [-0.3, -0.25) is 29.0 Å². The fraction of sp³-hybridized carbons (Fsp3) is 0.577. The first kappa shape index (κ1) is 44.3. The van der Waals surface area contributed by atoms with Crippen LogP contribution in [0.4, 0.5) is 0 Å². The molecule has 5 heterocycles. The van der Waals surface area contributed by atoms with E-state index >= 15 is 0 Å². The van der Waals surface area contributed by atoms with Gasteiger partial charge >= 0.3 is 11.9 Å². The Balaban J connectivity index is 0.775. The Morgan fingerprint density at radius 2 is 1.29 bits per heavy atom. The van der Waals surface area contributed by atoms with E-state index in [4.69, 9.17) is 14.2 Å². The third kappa shape index (κ3) is 6.93. The molecule has 0 unspecified atom stereocenters. The second kappa shape index (κ2) is 15.9. The highest BCUT2D eigenvalue weighted by Crippen LogP contribution is 2.63. The van der Waals surface area contributed by atoms with Crippen molar-refractivity contribution < 1.29 is 48.7 Å². The zero-order chi connectivity index (χ0) is 46.1. The van der Waals surface area contributed by atoms with Crippen molar-refractivity contribution in [3.63, 3.8) is 0 Å². The minimum absolute atomic E-state index is 0.00523. The normalized spacial score (nSPS) is 32.1. The summed E-state index contributed by atoms with van der Waals surface area (Å²) in [6.07, 6.45) is 6.38. The van der Waals surface area contributed by atoms with E-state index in [1.54, 1.807) is 18.2 Å². The van der Waals surface area contributed by atoms with Crippen molar-refractivity contribution in [1.29, 1.82) is 0 Å². The number of piperidine rings is 2.